The first-order valence-corrected chi connectivity index (χ1v) is 8.03. The molecule has 21 heavy (non-hydrogen) atoms. The molecule has 3 rings (SSSR count). The third kappa shape index (κ3) is 3.18. The molecule has 2 atom stereocenters. The van der Waals surface area contributed by atoms with Crippen LogP contribution in [-0.4, -0.2) is 47.4 Å². The number of hydrogen-bond donors (Lipinski definition) is 0. The fourth-order valence-electron chi connectivity index (χ4n) is 3.63. The van der Waals surface area contributed by atoms with E-state index < -0.39 is 0 Å². The van der Waals surface area contributed by atoms with Crippen molar-refractivity contribution in [3.63, 3.8) is 0 Å². The molecule has 0 unspecified atom stereocenters. The summed E-state index contributed by atoms with van der Waals surface area (Å²) in [5, 5.41) is 0. The zero-order valence-electron chi connectivity index (χ0n) is 12.7. The largest absolute Gasteiger partial charge is 0.334 e. The predicted molar refractivity (Wildman–Crippen MR) is 85.9 cm³/mol. The second kappa shape index (κ2) is 6.44. The molecule has 1 aromatic carbocycles. The Balaban J connectivity index is 1.56. The summed E-state index contributed by atoms with van der Waals surface area (Å²) in [6, 6.07) is 11.3. The lowest BCUT2D eigenvalue weighted by molar-refractivity contribution is -0.136. The first-order valence-electron chi connectivity index (χ1n) is 8.03. The summed E-state index contributed by atoms with van der Waals surface area (Å²) >= 11 is 0. The summed E-state index contributed by atoms with van der Waals surface area (Å²) in [7, 11) is 0. The van der Waals surface area contributed by atoms with E-state index in [0.29, 0.717) is 24.4 Å². The van der Waals surface area contributed by atoms with Gasteiger partial charge in [0.2, 0.25) is 5.91 Å². The zero-order chi connectivity index (χ0) is 14.7. The van der Waals surface area contributed by atoms with E-state index in [9.17, 15) is 4.79 Å². The first-order chi connectivity index (χ1) is 10.3. The Morgan fingerprint density at radius 3 is 2.48 bits per heavy atom. The van der Waals surface area contributed by atoms with Gasteiger partial charge in [-0.3, -0.25) is 9.69 Å². The van der Waals surface area contributed by atoms with Gasteiger partial charge in [-0.1, -0.05) is 49.4 Å². The van der Waals surface area contributed by atoms with Gasteiger partial charge in [0.05, 0.1) is 0 Å². The molecule has 2 saturated heterocycles. The summed E-state index contributed by atoms with van der Waals surface area (Å²) in [6.45, 7) is 5.01. The number of rotatable bonds is 4. The van der Waals surface area contributed by atoms with Crippen LogP contribution in [-0.2, 0) is 4.79 Å². The molecule has 0 N–H and O–H groups in total. The van der Waals surface area contributed by atoms with Crippen molar-refractivity contribution in [2.75, 3.05) is 19.6 Å². The Hall–Kier alpha value is -1.61. The minimum atomic E-state index is 0.335. The van der Waals surface area contributed by atoms with Gasteiger partial charge < -0.3 is 4.90 Å². The molecule has 2 heterocycles. The van der Waals surface area contributed by atoms with Crippen LogP contribution in [0.3, 0.4) is 0 Å². The minimum absolute atomic E-state index is 0.335. The number of carbonyl (C=O) groups is 1. The van der Waals surface area contributed by atoms with Crippen LogP contribution in [0.4, 0.5) is 0 Å². The number of piperazine rings is 1. The zero-order valence-corrected chi connectivity index (χ0v) is 12.7. The molecular formula is C18H24N2O. The van der Waals surface area contributed by atoms with Crippen molar-refractivity contribution in [2.45, 2.75) is 38.3 Å². The van der Waals surface area contributed by atoms with Crippen LogP contribution in [0.1, 0.15) is 31.7 Å². The molecule has 1 amide bonds. The van der Waals surface area contributed by atoms with Crippen LogP contribution in [0.2, 0.25) is 0 Å². The number of hydrogen-bond acceptors (Lipinski definition) is 2. The van der Waals surface area contributed by atoms with Gasteiger partial charge in [0.25, 0.3) is 0 Å². The molecule has 0 aromatic heterocycles. The normalized spacial score (nSPS) is 25.7. The van der Waals surface area contributed by atoms with Crippen LogP contribution < -0.4 is 0 Å². The molecule has 2 fully saturated rings. The fraction of sp³-hybridized carbons (Fsp3) is 0.500. The molecule has 2 bridgehead atoms. The van der Waals surface area contributed by atoms with Crippen molar-refractivity contribution in [3.8, 4) is 0 Å². The highest BCUT2D eigenvalue weighted by Crippen LogP contribution is 2.30. The van der Waals surface area contributed by atoms with Gasteiger partial charge in [-0.25, -0.2) is 0 Å². The SMILES string of the molecule is CCC(=O)N1[C@@H]2CC[C@@H]1CN(C/C=C\c1ccccc1)C2. The van der Waals surface area contributed by atoms with Crippen LogP contribution in [0, 0.1) is 0 Å². The van der Waals surface area contributed by atoms with Gasteiger partial charge in [-0.2, -0.15) is 0 Å². The molecule has 2 aliphatic rings. The van der Waals surface area contributed by atoms with E-state index in [2.05, 4.69) is 46.2 Å². The molecule has 0 spiro atoms. The number of amides is 1. The van der Waals surface area contributed by atoms with Crippen molar-refractivity contribution < 1.29 is 4.79 Å². The molecule has 3 heteroatoms. The maximum absolute atomic E-state index is 12.0. The lowest BCUT2D eigenvalue weighted by Crippen LogP contribution is -2.55. The lowest BCUT2D eigenvalue weighted by Gasteiger charge is -2.40. The van der Waals surface area contributed by atoms with E-state index >= 15 is 0 Å². The monoisotopic (exact) mass is 284 g/mol. The number of benzene rings is 1. The Kier molecular flexibility index (Phi) is 4.39. The highest BCUT2D eigenvalue weighted by molar-refractivity contribution is 5.77. The van der Waals surface area contributed by atoms with Crippen molar-refractivity contribution in [1.82, 2.24) is 9.80 Å². The number of likely N-dealkylation sites (tertiary alicyclic amines) is 1. The molecule has 0 saturated carbocycles. The Morgan fingerprint density at radius 1 is 1.19 bits per heavy atom. The molecule has 0 aliphatic carbocycles. The third-order valence-electron chi connectivity index (χ3n) is 4.62. The summed E-state index contributed by atoms with van der Waals surface area (Å²) in [6.07, 6.45) is 7.42. The molecule has 112 valence electrons. The Labute approximate surface area is 127 Å². The van der Waals surface area contributed by atoms with Gasteiger partial charge >= 0.3 is 0 Å². The van der Waals surface area contributed by atoms with Crippen molar-refractivity contribution >= 4 is 12.0 Å². The maximum atomic E-state index is 12.0. The predicted octanol–water partition coefficient (Wildman–Crippen LogP) is 2.79. The molecule has 0 radical (unpaired) electrons. The third-order valence-corrected chi connectivity index (χ3v) is 4.62. The quantitative estimate of drug-likeness (QED) is 0.849. The van der Waals surface area contributed by atoms with E-state index in [-0.39, 0.29) is 0 Å². The van der Waals surface area contributed by atoms with Gasteiger partial charge in [0.15, 0.2) is 0 Å². The molecule has 1 aromatic rings. The highest BCUT2D eigenvalue weighted by atomic mass is 16.2. The van der Waals surface area contributed by atoms with E-state index in [4.69, 9.17) is 0 Å². The van der Waals surface area contributed by atoms with Gasteiger partial charge in [0, 0.05) is 38.1 Å². The number of nitrogens with zero attached hydrogens (tertiary/aromatic N) is 2. The smallest absolute Gasteiger partial charge is 0.222 e. The first kappa shape index (κ1) is 14.3. The van der Waals surface area contributed by atoms with E-state index in [1.165, 1.54) is 18.4 Å². The molecular weight excluding hydrogens is 260 g/mol. The molecule has 2 aliphatic heterocycles. The summed E-state index contributed by atoms with van der Waals surface area (Å²) in [5.74, 6) is 0.335. The van der Waals surface area contributed by atoms with Crippen LogP contribution >= 0.6 is 0 Å². The minimum Gasteiger partial charge on any atom is -0.334 e. The van der Waals surface area contributed by atoms with E-state index in [1.807, 2.05) is 13.0 Å². The second-order valence-electron chi connectivity index (χ2n) is 6.07. The highest BCUT2D eigenvalue weighted by Gasteiger charge is 2.41. The molecule has 3 nitrogen and oxygen atoms in total. The summed E-state index contributed by atoms with van der Waals surface area (Å²) in [5.41, 5.74) is 1.25. The topological polar surface area (TPSA) is 23.6 Å². The average molecular weight is 284 g/mol. The summed E-state index contributed by atoms with van der Waals surface area (Å²) < 4.78 is 0. The van der Waals surface area contributed by atoms with Gasteiger partial charge in [0.1, 0.15) is 0 Å². The van der Waals surface area contributed by atoms with Crippen LogP contribution in [0.5, 0.6) is 0 Å². The standard InChI is InChI=1S/C18H24N2O/c1-2-18(21)20-16-10-11-17(20)14-19(13-16)12-6-9-15-7-4-3-5-8-15/h3-9,16-17H,2,10-14H2,1H3/b9-6-/t16-,17-/m1/s1. The number of fused-ring (bicyclic) bond motifs is 2. The van der Waals surface area contributed by atoms with Crippen LogP contribution in [0.15, 0.2) is 36.4 Å². The van der Waals surface area contributed by atoms with Crippen LogP contribution in [0.25, 0.3) is 6.08 Å². The van der Waals surface area contributed by atoms with Crippen molar-refractivity contribution in [2.24, 2.45) is 0 Å². The average Bonchev–Trinajstić information content (AvgIpc) is 2.78. The summed E-state index contributed by atoms with van der Waals surface area (Å²) in [4.78, 5) is 16.7. The van der Waals surface area contributed by atoms with Crippen molar-refractivity contribution in [3.05, 3.63) is 42.0 Å². The lowest BCUT2D eigenvalue weighted by atomic mass is 10.1. The fourth-order valence-corrected chi connectivity index (χ4v) is 3.63. The maximum Gasteiger partial charge on any atom is 0.222 e. The van der Waals surface area contributed by atoms with Gasteiger partial charge in [-0.15, -0.1) is 0 Å². The van der Waals surface area contributed by atoms with Gasteiger partial charge in [-0.05, 0) is 18.4 Å². The van der Waals surface area contributed by atoms with Crippen molar-refractivity contribution in [1.29, 1.82) is 0 Å². The Morgan fingerprint density at radius 2 is 1.86 bits per heavy atom. The van der Waals surface area contributed by atoms with E-state index in [0.717, 1.165) is 19.6 Å². The second-order valence-corrected chi connectivity index (χ2v) is 6.07. The van der Waals surface area contributed by atoms with E-state index in [1.54, 1.807) is 0 Å². The number of carbonyl (C=O) groups excluding carboxylic acids is 1. The Bertz CT molecular complexity index is 497.